The molecule has 2 N–H and O–H groups in total. The highest BCUT2D eigenvalue weighted by Gasteiger charge is 2.38. The van der Waals surface area contributed by atoms with E-state index in [4.69, 9.17) is 0 Å². The van der Waals surface area contributed by atoms with E-state index >= 15 is 0 Å². The Morgan fingerprint density at radius 1 is 0.958 bits per heavy atom. The molecule has 0 amide bonds. The zero-order chi connectivity index (χ0) is 18.0. The Morgan fingerprint density at radius 2 is 1.46 bits per heavy atom. The molecule has 1 atom stereocenters. The van der Waals surface area contributed by atoms with Crippen LogP contribution in [0.15, 0.2) is 18.2 Å². The molecule has 24 heavy (non-hydrogen) atoms. The molecule has 2 rings (SSSR count). The van der Waals surface area contributed by atoms with Crippen molar-refractivity contribution < 1.29 is 31.4 Å². The van der Waals surface area contributed by atoms with Gasteiger partial charge in [-0.1, -0.05) is 0 Å². The summed E-state index contributed by atoms with van der Waals surface area (Å²) in [6, 6.07) is 0.924. The smallest absolute Gasteiger partial charge is 0.396 e. The quantitative estimate of drug-likeness (QED) is 0.814. The van der Waals surface area contributed by atoms with Crippen molar-refractivity contribution in [3.8, 4) is 0 Å². The molecular weight excluding hydrogens is 338 g/mol. The van der Waals surface area contributed by atoms with E-state index in [0.717, 1.165) is 12.1 Å². The SMILES string of the molecule is OCC[C@H](c1cc(C(F)(F)F)cc(C(F)(F)F)c1)N1CCNCC1. The largest absolute Gasteiger partial charge is 0.416 e. The van der Waals surface area contributed by atoms with Crippen LogP contribution in [0.5, 0.6) is 0 Å². The predicted molar refractivity (Wildman–Crippen MR) is 75.3 cm³/mol. The van der Waals surface area contributed by atoms with Crippen molar-refractivity contribution in [1.82, 2.24) is 10.2 Å². The number of hydrogen-bond acceptors (Lipinski definition) is 3. The first-order chi connectivity index (χ1) is 11.1. The number of hydrogen-bond donors (Lipinski definition) is 2. The molecule has 0 spiro atoms. The van der Waals surface area contributed by atoms with E-state index in [0.29, 0.717) is 26.2 Å². The van der Waals surface area contributed by atoms with Gasteiger partial charge in [-0.05, 0) is 30.2 Å². The molecule has 0 aliphatic carbocycles. The van der Waals surface area contributed by atoms with Crippen LogP contribution in [0.3, 0.4) is 0 Å². The molecule has 0 aromatic heterocycles. The Bertz CT molecular complexity index is 520. The zero-order valence-corrected chi connectivity index (χ0v) is 12.7. The van der Waals surface area contributed by atoms with Crippen LogP contribution in [0.4, 0.5) is 26.3 Å². The highest BCUT2D eigenvalue weighted by molar-refractivity contribution is 5.35. The summed E-state index contributed by atoms with van der Waals surface area (Å²) in [5.41, 5.74) is -2.73. The summed E-state index contributed by atoms with van der Waals surface area (Å²) in [5.74, 6) is 0. The third-order valence-corrected chi connectivity index (χ3v) is 3.99. The van der Waals surface area contributed by atoms with Crippen LogP contribution >= 0.6 is 0 Å². The molecule has 1 heterocycles. The third-order valence-electron chi connectivity index (χ3n) is 3.99. The summed E-state index contributed by atoms with van der Waals surface area (Å²) < 4.78 is 77.9. The van der Waals surface area contributed by atoms with Crippen molar-refractivity contribution in [2.75, 3.05) is 32.8 Å². The second kappa shape index (κ2) is 7.28. The average molecular weight is 356 g/mol. The maximum Gasteiger partial charge on any atom is 0.416 e. The first kappa shape index (κ1) is 19.0. The fourth-order valence-electron chi connectivity index (χ4n) is 2.85. The van der Waals surface area contributed by atoms with E-state index in [2.05, 4.69) is 5.32 Å². The van der Waals surface area contributed by atoms with E-state index in [-0.39, 0.29) is 24.7 Å². The summed E-state index contributed by atoms with van der Waals surface area (Å²) in [4.78, 5) is 1.79. The van der Waals surface area contributed by atoms with Crippen LogP contribution in [0.25, 0.3) is 0 Å². The van der Waals surface area contributed by atoms with Gasteiger partial charge >= 0.3 is 12.4 Å². The van der Waals surface area contributed by atoms with Crippen LogP contribution < -0.4 is 5.32 Å². The van der Waals surface area contributed by atoms with Gasteiger partial charge in [-0.3, -0.25) is 4.90 Å². The molecule has 0 unspecified atom stereocenters. The van der Waals surface area contributed by atoms with Crippen molar-refractivity contribution in [3.05, 3.63) is 34.9 Å². The van der Waals surface area contributed by atoms with E-state index in [1.807, 2.05) is 0 Å². The molecule has 1 aromatic carbocycles. The van der Waals surface area contributed by atoms with Crippen LogP contribution in [-0.2, 0) is 12.4 Å². The number of aliphatic hydroxyl groups is 1. The highest BCUT2D eigenvalue weighted by atomic mass is 19.4. The van der Waals surface area contributed by atoms with Crippen molar-refractivity contribution in [3.63, 3.8) is 0 Å². The predicted octanol–water partition coefficient (Wildman–Crippen LogP) is 3.05. The number of aliphatic hydroxyl groups excluding tert-OH is 1. The standard InChI is InChI=1S/C15H18F6N2O/c16-14(17,18)11-7-10(8-12(9-11)15(19,20)21)13(1-6-24)23-4-2-22-3-5-23/h7-9,13,22,24H,1-6H2/t13-/m1/s1. The molecule has 136 valence electrons. The average Bonchev–Trinajstić information content (AvgIpc) is 2.51. The lowest BCUT2D eigenvalue weighted by atomic mass is 9.96. The minimum absolute atomic E-state index is 0.0681. The van der Waals surface area contributed by atoms with Crippen molar-refractivity contribution in [2.24, 2.45) is 0 Å². The number of nitrogens with zero attached hydrogens (tertiary/aromatic N) is 1. The van der Waals surface area contributed by atoms with Gasteiger partial charge in [0.1, 0.15) is 0 Å². The molecule has 1 aromatic rings. The van der Waals surface area contributed by atoms with Gasteiger partial charge in [-0.15, -0.1) is 0 Å². The summed E-state index contributed by atoms with van der Waals surface area (Å²) in [5, 5.41) is 12.3. The monoisotopic (exact) mass is 356 g/mol. The van der Waals surface area contributed by atoms with Crippen LogP contribution in [0, 0.1) is 0 Å². The molecule has 0 saturated carbocycles. The minimum Gasteiger partial charge on any atom is -0.396 e. The fraction of sp³-hybridized carbons (Fsp3) is 0.600. The van der Waals surface area contributed by atoms with Crippen LogP contribution in [-0.4, -0.2) is 42.8 Å². The molecule has 0 bridgehead atoms. The summed E-state index contributed by atoms with van der Waals surface area (Å²) in [6.45, 7) is 1.83. The number of halogens is 6. The van der Waals surface area contributed by atoms with Gasteiger partial charge in [-0.2, -0.15) is 26.3 Å². The van der Waals surface area contributed by atoms with Gasteiger partial charge < -0.3 is 10.4 Å². The Hall–Kier alpha value is -1.32. The van der Waals surface area contributed by atoms with Gasteiger partial charge in [0, 0.05) is 38.8 Å². The fourth-order valence-corrected chi connectivity index (χ4v) is 2.85. The Morgan fingerprint density at radius 3 is 1.88 bits per heavy atom. The van der Waals surface area contributed by atoms with Gasteiger partial charge in [0.2, 0.25) is 0 Å². The van der Waals surface area contributed by atoms with Crippen LogP contribution in [0.1, 0.15) is 29.2 Å². The molecule has 9 heteroatoms. The summed E-state index contributed by atoms with van der Waals surface area (Å²) >= 11 is 0. The number of alkyl halides is 6. The number of piperazine rings is 1. The van der Waals surface area contributed by atoms with Gasteiger partial charge in [-0.25, -0.2) is 0 Å². The van der Waals surface area contributed by atoms with Gasteiger partial charge in [0.15, 0.2) is 0 Å². The molecule has 1 aliphatic rings. The zero-order valence-electron chi connectivity index (χ0n) is 12.7. The van der Waals surface area contributed by atoms with E-state index < -0.39 is 29.5 Å². The van der Waals surface area contributed by atoms with Crippen molar-refractivity contribution in [1.29, 1.82) is 0 Å². The minimum atomic E-state index is -4.87. The third kappa shape index (κ3) is 4.61. The Balaban J connectivity index is 2.48. The van der Waals surface area contributed by atoms with E-state index in [9.17, 15) is 31.4 Å². The highest BCUT2D eigenvalue weighted by Crippen LogP contribution is 2.38. The second-order valence-corrected chi connectivity index (χ2v) is 5.65. The number of rotatable bonds is 4. The van der Waals surface area contributed by atoms with Gasteiger partial charge in [0.05, 0.1) is 11.1 Å². The number of nitrogens with one attached hydrogen (secondary N) is 1. The first-order valence-electron chi connectivity index (χ1n) is 7.48. The van der Waals surface area contributed by atoms with Gasteiger partial charge in [0.25, 0.3) is 0 Å². The Labute approximate surface area is 135 Å². The van der Waals surface area contributed by atoms with E-state index in [1.165, 1.54) is 0 Å². The lowest BCUT2D eigenvalue weighted by Crippen LogP contribution is -2.45. The molecule has 3 nitrogen and oxygen atoms in total. The molecule has 1 saturated heterocycles. The Kier molecular flexibility index (Phi) is 5.77. The van der Waals surface area contributed by atoms with Crippen LogP contribution in [0.2, 0.25) is 0 Å². The maximum absolute atomic E-state index is 13.0. The molecule has 0 radical (unpaired) electrons. The normalized spacial score (nSPS) is 18.6. The number of benzene rings is 1. The lowest BCUT2D eigenvalue weighted by molar-refractivity contribution is -0.143. The first-order valence-corrected chi connectivity index (χ1v) is 7.48. The summed E-state index contributed by atoms with van der Waals surface area (Å²) in [7, 11) is 0. The second-order valence-electron chi connectivity index (χ2n) is 5.65. The summed E-state index contributed by atoms with van der Waals surface area (Å²) in [6.07, 6.45) is -9.68. The van der Waals surface area contributed by atoms with Crippen molar-refractivity contribution >= 4 is 0 Å². The maximum atomic E-state index is 13.0. The van der Waals surface area contributed by atoms with E-state index in [1.54, 1.807) is 4.90 Å². The molecule has 1 fully saturated rings. The lowest BCUT2D eigenvalue weighted by Gasteiger charge is -2.35. The van der Waals surface area contributed by atoms with Crippen molar-refractivity contribution in [2.45, 2.75) is 24.8 Å². The molecule has 1 aliphatic heterocycles. The molecular formula is C15H18F6N2O. The topological polar surface area (TPSA) is 35.5 Å².